The first-order valence-corrected chi connectivity index (χ1v) is 8.28. The van der Waals surface area contributed by atoms with Crippen LogP contribution in [-0.2, 0) is 14.3 Å². The van der Waals surface area contributed by atoms with Gasteiger partial charge in [-0.3, -0.25) is 4.79 Å². The molecular weight excluding hydrogens is 365 g/mol. The molecule has 1 amide bonds. The summed E-state index contributed by atoms with van der Waals surface area (Å²) in [5.41, 5.74) is 1.09. The van der Waals surface area contributed by atoms with Crippen molar-refractivity contribution in [2.24, 2.45) is 0 Å². The summed E-state index contributed by atoms with van der Waals surface area (Å²) in [6.07, 6.45) is -1.43. The molecule has 2 rings (SSSR count). The topological polar surface area (TPSA) is 75.6 Å². The number of halogens is 2. The third-order valence-corrected chi connectivity index (χ3v) is 4.05. The van der Waals surface area contributed by atoms with Gasteiger partial charge in [-0.1, -0.05) is 59.6 Å². The SMILES string of the molecule is C[C@@H](NC(=O)COC(=O)[C@H](O)c1ccccc1)c1ccc(Cl)cc1Cl. The lowest BCUT2D eigenvalue weighted by Crippen LogP contribution is -2.32. The van der Waals surface area contributed by atoms with Crippen LogP contribution in [0.15, 0.2) is 48.5 Å². The number of rotatable bonds is 6. The number of ether oxygens (including phenoxy) is 1. The zero-order chi connectivity index (χ0) is 18.4. The van der Waals surface area contributed by atoms with Crippen LogP contribution in [0.1, 0.15) is 30.2 Å². The van der Waals surface area contributed by atoms with E-state index in [4.69, 9.17) is 27.9 Å². The Morgan fingerprint density at radius 1 is 1.16 bits per heavy atom. The molecule has 0 saturated heterocycles. The molecule has 5 nitrogen and oxygen atoms in total. The molecule has 0 radical (unpaired) electrons. The molecule has 132 valence electrons. The van der Waals surface area contributed by atoms with Crippen molar-refractivity contribution >= 4 is 35.1 Å². The Bertz CT molecular complexity index is 752. The van der Waals surface area contributed by atoms with E-state index in [9.17, 15) is 14.7 Å². The number of aliphatic hydroxyl groups is 1. The van der Waals surface area contributed by atoms with Crippen LogP contribution in [0, 0.1) is 0 Å². The Balaban J connectivity index is 1.86. The molecular formula is C18H17Cl2NO4. The van der Waals surface area contributed by atoms with Crippen LogP contribution in [-0.4, -0.2) is 23.6 Å². The van der Waals surface area contributed by atoms with Crippen molar-refractivity contribution < 1.29 is 19.4 Å². The molecule has 0 bridgehead atoms. The van der Waals surface area contributed by atoms with Gasteiger partial charge in [0.25, 0.3) is 5.91 Å². The Morgan fingerprint density at radius 2 is 1.84 bits per heavy atom. The smallest absolute Gasteiger partial charge is 0.340 e. The monoisotopic (exact) mass is 381 g/mol. The van der Waals surface area contributed by atoms with Crippen molar-refractivity contribution in [3.63, 3.8) is 0 Å². The summed E-state index contributed by atoms with van der Waals surface area (Å²) in [7, 11) is 0. The van der Waals surface area contributed by atoms with Crippen molar-refractivity contribution in [1.82, 2.24) is 5.32 Å². The standard InChI is InChI=1S/C18H17Cl2NO4/c1-11(14-8-7-13(19)9-15(14)20)21-16(22)10-25-18(24)17(23)12-5-3-2-4-6-12/h2-9,11,17,23H,10H2,1H3,(H,21,22)/t11-,17-/m1/s1. The highest BCUT2D eigenvalue weighted by molar-refractivity contribution is 6.35. The van der Waals surface area contributed by atoms with Gasteiger partial charge in [0.1, 0.15) is 0 Å². The Morgan fingerprint density at radius 3 is 2.48 bits per heavy atom. The van der Waals surface area contributed by atoms with E-state index >= 15 is 0 Å². The quantitative estimate of drug-likeness (QED) is 0.751. The van der Waals surface area contributed by atoms with Gasteiger partial charge in [0.15, 0.2) is 12.7 Å². The molecule has 2 N–H and O–H groups in total. The van der Waals surface area contributed by atoms with Crippen LogP contribution < -0.4 is 5.32 Å². The number of carbonyl (C=O) groups excluding carboxylic acids is 2. The number of nitrogens with one attached hydrogen (secondary N) is 1. The van der Waals surface area contributed by atoms with Gasteiger partial charge in [-0.05, 0) is 30.2 Å². The van der Waals surface area contributed by atoms with Crippen molar-refractivity contribution in [2.75, 3.05) is 6.61 Å². The van der Waals surface area contributed by atoms with Crippen LogP contribution in [0.5, 0.6) is 0 Å². The second kappa shape index (κ2) is 8.85. The van der Waals surface area contributed by atoms with E-state index in [1.165, 1.54) is 0 Å². The second-order valence-electron chi connectivity index (χ2n) is 5.38. The summed E-state index contributed by atoms with van der Waals surface area (Å²) >= 11 is 11.9. The molecule has 0 heterocycles. The first-order chi connectivity index (χ1) is 11.9. The fourth-order valence-electron chi connectivity index (χ4n) is 2.20. The van der Waals surface area contributed by atoms with E-state index in [0.717, 1.165) is 0 Å². The number of aliphatic hydroxyl groups excluding tert-OH is 1. The van der Waals surface area contributed by atoms with E-state index in [2.05, 4.69) is 5.32 Å². The average molecular weight is 382 g/mol. The van der Waals surface area contributed by atoms with Crippen LogP contribution in [0.2, 0.25) is 10.0 Å². The van der Waals surface area contributed by atoms with Gasteiger partial charge in [0, 0.05) is 10.0 Å². The molecule has 0 unspecified atom stereocenters. The van der Waals surface area contributed by atoms with Crippen molar-refractivity contribution in [2.45, 2.75) is 19.1 Å². The minimum absolute atomic E-state index is 0.394. The Kier molecular flexibility index (Phi) is 6.82. The third-order valence-electron chi connectivity index (χ3n) is 3.49. The van der Waals surface area contributed by atoms with E-state index in [1.807, 2.05) is 0 Å². The summed E-state index contributed by atoms with van der Waals surface area (Å²) in [6, 6.07) is 12.9. The zero-order valence-corrected chi connectivity index (χ0v) is 14.9. The average Bonchev–Trinajstić information content (AvgIpc) is 2.59. The normalized spacial score (nSPS) is 13.0. The van der Waals surface area contributed by atoms with Crippen LogP contribution in [0.4, 0.5) is 0 Å². The number of hydrogen-bond donors (Lipinski definition) is 2. The first-order valence-electron chi connectivity index (χ1n) is 7.52. The molecule has 0 aliphatic carbocycles. The molecule has 0 aromatic heterocycles. The Labute approximate surface area is 155 Å². The molecule has 25 heavy (non-hydrogen) atoms. The van der Waals surface area contributed by atoms with Crippen molar-refractivity contribution in [3.8, 4) is 0 Å². The largest absolute Gasteiger partial charge is 0.453 e. The van der Waals surface area contributed by atoms with Crippen LogP contribution in [0.25, 0.3) is 0 Å². The molecule has 0 spiro atoms. The number of carbonyl (C=O) groups is 2. The third kappa shape index (κ3) is 5.46. The zero-order valence-electron chi connectivity index (χ0n) is 13.4. The minimum atomic E-state index is -1.43. The molecule has 2 atom stereocenters. The summed E-state index contributed by atoms with van der Waals surface area (Å²) in [4.78, 5) is 23.7. The van der Waals surface area contributed by atoms with Gasteiger partial charge in [-0.25, -0.2) is 4.79 Å². The van der Waals surface area contributed by atoms with Gasteiger partial charge >= 0.3 is 5.97 Å². The lowest BCUT2D eigenvalue weighted by molar-refractivity contribution is -0.157. The van der Waals surface area contributed by atoms with Gasteiger partial charge < -0.3 is 15.2 Å². The van der Waals surface area contributed by atoms with Gasteiger partial charge in [-0.15, -0.1) is 0 Å². The molecule has 7 heteroatoms. The highest BCUT2D eigenvalue weighted by Gasteiger charge is 2.20. The molecule has 2 aromatic rings. The van der Waals surface area contributed by atoms with E-state index < -0.39 is 30.6 Å². The first kappa shape index (κ1) is 19.2. The van der Waals surface area contributed by atoms with Gasteiger partial charge in [0.2, 0.25) is 0 Å². The molecule has 0 aliphatic rings. The lowest BCUT2D eigenvalue weighted by atomic mass is 10.1. The maximum atomic E-state index is 11.9. The summed E-state index contributed by atoms with van der Waals surface area (Å²) in [6.45, 7) is 1.24. The van der Waals surface area contributed by atoms with Gasteiger partial charge in [-0.2, -0.15) is 0 Å². The van der Waals surface area contributed by atoms with E-state index in [-0.39, 0.29) is 0 Å². The molecule has 0 aliphatic heterocycles. The van der Waals surface area contributed by atoms with Crippen molar-refractivity contribution in [1.29, 1.82) is 0 Å². The highest BCUT2D eigenvalue weighted by atomic mass is 35.5. The molecule has 2 aromatic carbocycles. The fraction of sp³-hybridized carbons (Fsp3) is 0.222. The summed E-state index contributed by atoms with van der Waals surface area (Å²) < 4.78 is 4.85. The molecule has 0 fully saturated rings. The van der Waals surface area contributed by atoms with Crippen LogP contribution >= 0.6 is 23.2 Å². The van der Waals surface area contributed by atoms with Crippen LogP contribution in [0.3, 0.4) is 0 Å². The maximum absolute atomic E-state index is 11.9. The summed E-state index contributed by atoms with van der Waals surface area (Å²) in [5.74, 6) is -1.40. The number of amides is 1. The number of benzene rings is 2. The fourth-order valence-corrected chi connectivity index (χ4v) is 2.77. The number of hydrogen-bond acceptors (Lipinski definition) is 4. The predicted octanol–water partition coefficient (Wildman–Crippen LogP) is 3.45. The Hall–Kier alpha value is -2.08. The summed E-state index contributed by atoms with van der Waals surface area (Å²) in [5, 5.41) is 13.5. The molecule has 0 saturated carbocycles. The predicted molar refractivity (Wildman–Crippen MR) is 95.4 cm³/mol. The maximum Gasteiger partial charge on any atom is 0.340 e. The lowest BCUT2D eigenvalue weighted by Gasteiger charge is -2.16. The van der Waals surface area contributed by atoms with E-state index in [1.54, 1.807) is 55.5 Å². The van der Waals surface area contributed by atoms with E-state index in [0.29, 0.717) is 21.2 Å². The highest BCUT2D eigenvalue weighted by Crippen LogP contribution is 2.26. The number of esters is 1. The van der Waals surface area contributed by atoms with Crippen molar-refractivity contribution in [3.05, 3.63) is 69.7 Å². The minimum Gasteiger partial charge on any atom is -0.453 e. The second-order valence-corrected chi connectivity index (χ2v) is 6.22. The van der Waals surface area contributed by atoms with Gasteiger partial charge in [0.05, 0.1) is 6.04 Å².